The van der Waals surface area contributed by atoms with Gasteiger partial charge in [0.05, 0.1) is 0 Å². The lowest BCUT2D eigenvalue weighted by Gasteiger charge is -1.89. The second-order valence-electron chi connectivity index (χ2n) is 1.31. The SMILES string of the molecule is O=CC=CC([OH2+])CO. The van der Waals surface area contributed by atoms with Crippen molar-refractivity contribution in [2.75, 3.05) is 6.61 Å². The maximum absolute atomic E-state index is 9.57. The van der Waals surface area contributed by atoms with Crippen molar-refractivity contribution in [2.45, 2.75) is 6.10 Å². The molecule has 0 aromatic carbocycles. The lowest BCUT2D eigenvalue weighted by atomic mass is 10.3. The number of aldehydes is 1. The van der Waals surface area contributed by atoms with Gasteiger partial charge in [-0.15, -0.1) is 0 Å². The van der Waals surface area contributed by atoms with Crippen LogP contribution in [0.1, 0.15) is 0 Å². The first-order valence-corrected chi connectivity index (χ1v) is 2.25. The van der Waals surface area contributed by atoms with E-state index in [4.69, 9.17) is 10.2 Å². The Morgan fingerprint density at radius 3 is 2.75 bits per heavy atom. The summed E-state index contributed by atoms with van der Waals surface area (Å²) in [4.78, 5) is 9.57. The van der Waals surface area contributed by atoms with Crippen molar-refractivity contribution in [3.63, 3.8) is 0 Å². The van der Waals surface area contributed by atoms with E-state index in [-0.39, 0.29) is 6.61 Å². The van der Waals surface area contributed by atoms with Crippen LogP contribution < -0.4 is 0 Å². The van der Waals surface area contributed by atoms with Crippen molar-refractivity contribution in [3.05, 3.63) is 12.2 Å². The number of rotatable bonds is 3. The smallest absolute Gasteiger partial charge is 0.196 e. The van der Waals surface area contributed by atoms with Gasteiger partial charge in [-0.2, -0.15) is 0 Å². The van der Waals surface area contributed by atoms with E-state index in [9.17, 15) is 4.79 Å². The van der Waals surface area contributed by atoms with E-state index >= 15 is 0 Å². The maximum Gasteiger partial charge on any atom is 0.196 e. The summed E-state index contributed by atoms with van der Waals surface area (Å²) in [6, 6.07) is 0. The monoisotopic (exact) mass is 117 g/mol. The predicted octanol–water partition coefficient (Wildman–Crippen LogP) is -1.17. The van der Waals surface area contributed by atoms with Crippen LogP contribution in [0.2, 0.25) is 0 Å². The summed E-state index contributed by atoms with van der Waals surface area (Å²) >= 11 is 0. The molecule has 3 N–H and O–H groups in total. The van der Waals surface area contributed by atoms with E-state index in [1.54, 1.807) is 0 Å². The van der Waals surface area contributed by atoms with Gasteiger partial charge in [-0.25, -0.2) is 0 Å². The minimum atomic E-state index is -0.653. The average Bonchev–Trinajstić information content (AvgIpc) is 1.83. The Balaban J connectivity index is 3.35. The average molecular weight is 117 g/mol. The summed E-state index contributed by atoms with van der Waals surface area (Å²) in [7, 11) is 0. The number of allylic oxidation sites excluding steroid dienone is 1. The van der Waals surface area contributed by atoms with Crippen LogP contribution in [0.3, 0.4) is 0 Å². The summed E-state index contributed by atoms with van der Waals surface area (Å²) in [6.07, 6.45) is 2.46. The Kier molecular flexibility index (Phi) is 4.11. The predicted molar refractivity (Wildman–Crippen MR) is 29.7 cm³/mol. The second kappa shape index (κ2) is 4.49. The van der Waals surface area contributed by atoms with Gasteiger partial charge in [-0.1, -0.05) is 0 Å². The fourth-order valence-electron chi connectivity index (χ4n) is 0.240. The molecule has 0 aliphatic rings. The summed E-state index contributed by atoms with van der Waals surface area (Å²) in [5.74, 6) is 0. The molecular formula is C5H9O3+. The van der Waals surface area contributed by atoms with Crippen molar-refractivity contribution in [2.24, 2.45) is 0 Å². The number of hydrogen-bond donors (Lipinski definition) is 1. The van der Waals surface area contributed by atoms with E-state index in [2.05, 4.69) is 0 Å². The number of carbonyl (C=O) groups excluding carboxylic acids is 1. The van der Waals surface area contributed by atoms with Crippen LogP contribution in [0.5, 0.6) is 0 Å². The van der Waals surface area contributed by atoms with Crippen molar-refractivity contribution in [1.29, 1.82) is 0 Å². The van der Waals surface area contributed by atoms with Gasteiger partial charge in [0, 0.05) is 0 Å². The molecule has 0 aromatic rings. The van der Waals surface area contributed by atoms with Gasteiger partial charge in [0.15, 0.2) is 6.10 Å². The van der Waals surface area contributed by atoms with Crippen LogP contribution >= 0.6 is 0 Å². The second-order valence-corrected chi connectivity index (χ2v) is 1.31. The number of carbonyl (C=O) groups is 1. The Hall–Kier alpha value is -0.670. The van der Waals surface area contributed by atoms with Crippen molar-refractivity contribution in [3.8, 4) is 0 Å². The van der Waals surface area contributed by atoms with E-state index in [1.165, 1.54) is 12.2 Å². The van der Waals surface area contributed by atoms with Crippen LogP contribution in [0.25, 0.3) is 0 Å². The van der Waals surface area contributed by atoms with E-state index in [0.717, 1.165) is 0 Å². The van der Waals surface area contributed by atoms with Crippen LogP contribution in [0.4, 0.5) is 0 Å². The van der Waals surface area contributed by atoms with E-state index in [0.29, 0.717) is 6.29 Å². The molecule has 0 aliphatic carbocycles. The molecule has 0 aliphatic heterocycles. The van der Waals surface area contributed by atoms with E-state index < -0.39 is 6.10 Å². The fraction of sp³-hybridized carbons (Fsp3) is 0.400. The van der Waals surface area contributed by atoms with E-state index in [1.807, 2.05) is 0 Å². The summed E-state index contributed by atoms with van der Waals surface area (Å²) < 4.78 is 0. The zero-order valence-corrected chi connectivity index (χ0v) is 4.37. The first-order valence-electron chi connectivity index (χ1n) is 2.25. The Bertz CT molecular complexity index is 87.7. The first-order chi connectivity index (χ1) is 3.81. The third-order valence-electron chi connectivity index (χ3n) is 0.619. The summed E-state index contributed by atoms with van der Waals surface area (Å²) in [6.45, 7) is -0.232. The molecule has 3 heteroatoms. The third kappa shape index (κ3) is 3.52. The van der Waals surface area contributed by atoms with Crippen molar-refractivity contribution in [1.82, 2.24) is 0 Å². The lowest BCUT2D eigenvalue weighted by molar-refractivity contribution is -0.104. The molecule has 0 aromatic heterocycles. The highest BCUT2D eigenvalue weighted by atomic mass is 16.3. The van der Waals surface area contributed by atoms with Crippen LogP contribution in [-0.4, -0.2) is 29.2 Å². The Morgan fingerprint density at radius 2 is 2.38 bits per heavy atom. The van der Waals surface area contributed by atoms with Gasteiger partial charge >= 0.3 is 0 Å². The van der Waals surface area contributed by atoms with Crippen molar-refractivity contribution < 1.29 is 15.0 Å². The largest absolute Gasteiger partial charge is 0.438 e. The molecular weight excluding hydrogens is 108 g/mol. The van der Waals surface area contributed by atoms with Gasteiger partial charge in [0.2, 0.25) is 0 Å². The van der Waals surface area contributed by atoms with Crippen LogP contribution in [-0.2, 0) is 4.79 Å². The number of hydrogen-bond acceptors (Lipinski definition) is 2. The topological polar surface area (TPSA) is 60.2 Å². The Labute approximate surface area is 47.3 Å². The quantitative estimate of drug-likeness (QED) is 0.287. The highest BCUT2D eigenvalue weighted by molar-refractivity contribution is 5.64. The molecule has 1 atom stereocenters. The molecule has 0 radical (unpaired) electrons. The van der Waals surface area contributed by atoms with Crippen LogP contribution in [0, 0.1) is 0 Å². The Morgan fingerprint density at radius 1 is 1.75 bits per heavy atom. The van der Waals surface area contributed by atoms with Gasteiger partial charge in [0.1, 0.15) is 12.9 Å². The third-order valence-corrected chi connectivity index (χ3v) is 0.619. The van der Waals surface area contributed by atoms with Crippen LogP contribution in [0.15, 0.2) is 12.2 Å². The highest BCUT2D eigenvalue weighted by Crippen LogP contribution is 1.79. The zero-order valence-electron chi connectivity index (χ0n) is 4.37. The van der Waals surface area contributed by atoms with Gasteiger partial charge < -0.3 is 10.2 Å². The summed E-state index contributed by atoms with van der Waals surface area (Å²) in [5, 5.41) is 15.0. The number of aliphatic hydroxyl groups excluding tert-OH is 1. The molecule has 0 fully saturated rings. The number of aliphatic hydroxyl groups is 1. The van der Waals surface area contributed by atoms with Gasteiger partial charge in [0.25, 0.3) is 0 Å². The molecule has 3 nitrogen and oxygen atoms in total. The molecule has 0 saturated carbocycles. The molecule has 0 saturated heterocycles. The maximum atomic E-state index is 9.57. The molecule has 0 spiro atoms. The normalized spacial score (nSPS) is 14.2. The minimum Gasteiger partial charge on any atom is -0.438 e. The summed E-state index contributed by atoms with van der Waals surface area (Å²) in [5.41, 5.74) is 0. The fourth-order valence-corrected chi connectivity index (χ4v) is 0.240. The molecule has 0 amide bonds. The molecule has 8 heavy (non-hydrogen) atoms. The molecule has 1 unspecified atom stereocenters. The molecule has 0 rings (SSSR count). The minimum absolute atomic E-state index is 0.232. The molecule has 0 heterocycles. The zero-order chi connectivity index (χ0) is 6.41. The highest BCUT2D eigenvalue weighted by Gasteiger charge is 1.96. The van der Waals surface area contributed by atoms with Gasteiger partial charge in [-0.05, 0) is 12.2 Å². The lowest BCUT2D eigenvalue weighted by Crippen LogP contribution is -2.06. The first kappa shape index (κ1) is 7.33. The standard InChI is InChI=1S/C5H8O3/c6-3-1-2-5(8)4-7/h1-3,5,7-8H,4H2/p+1. The molecule has 46 valence electrons. The molecule has 0 bridgehead atoms. The van der Waals surface area contributed by atoms with Crippen molar-refractivity contribution >= 4 is 6.29 Å². The van der Waals surface area contributed by atoms with Gasteiger partial charge in [-0.3, -0.25) is 4.79 Å².